The molecule has 10 nitrogen and oxygen atoms in total. The third-order valence-corrected chi connectivity index (χ3v) is 7.17. The van der Waals surface area contributed by atoms with Gasteiger partial charge in [0, 0.05) is 72.5 Å². The number of carbonyl (C=O) groups excluding carboxylic acids is 1. The summed E-state index contributed by atoms with van der Waals surface area (Å²) in [6.45, 7) is 4.77. The van der Waals surface area contributed by atoms with E-state index in [1.165, 1.54) is 0 Å². The molecule has 2 fully saturated rings. The Bertz CT molecular complexity index is 1190. The number of hydrogen-bond donors (Lipinski definition) is 3. The molecule has 2 aliphatic rings. The Kier molecular flexibility index (Phi) is 7.25. The second-order valence-corrected chi connectivity index (χ2v) is 9.15. The molecule has 1 aromatic carbocycles. The average Bonchev–Trinajstić information content (AvgIpc) is 3.39. The van der Waals surface area contributed by atoms with Crippen LogP contribution in [0.5, 0.6) is 0 Å². The van der Waals surface area contributed by atoms with E-state index < -0.39 is 5.91 Å². The Morgan fingerprint density at radius 1 is 1.09 bits per heavy atom. The first-order chi connectivity index (χ1) is 17.1. The molecule has 1 atom stereocenters. The number of morpholine rings is 1. The lowest BCUT2D eigenvalue weighted by Gasteiger charge is -2.30. The summed E-state index contributed by atoms with van der Waals surface area (Å²) in [4.78, 5) is 30.7. The van der Waals surface area contributed by atoms with Gasteiger partial charge in [0.1, 0.15) is 0 Å². The summed E-state index contributed by atoms with van der Waals surface area (Å²) in [5.74, 6) is -0.348. The van der Waals surface area contributed by atoms with E-state index in [2.05, 4.69) is 68.6 Å². The summed E-state index contributed by atoms with van der Waals surface area (Å²) in [6.07, 6.45) is 6.05. The van der Waals surface area contributed by atoms with Gasteiger partial charge in [0.2, 0.25) is 0 Å². The van der Waals surface area contributed by atoms with Gasteiger partial charge < -0.3 is 25.6 Å². The van der Waals surface area contributed by atoms with E-state index in [1.54, 1.807) is 18.6 Å². The molecule has 4 heterocycles. The highest BCUT2D eigenvalue weighted by Gasteiger charge is 2.22. The van der Waals surface area contributed by atoms with Crippen molar-refractivity contribution in [1.29, 1.82) is 0 Å². The fourth-order valence-corrected chi connectivity index (χ4v) is 4.88. The number of benzene rings is 1. The smallest absolute Gasteiger partial charge is 0.278 e. The van der Waals surface area contributed by atoms with Gasteiger partial charge in [-0.2, -0.15) is 0 Å². The minimum Gasteiger partial charge on any atom is -0.382 e. The van der Waals surface area contributed by atoms with E-state index in [-0.39, 0.29) is 11.5 Å². The van der Waals surface area contributed by atoms with Gasteiger partial charge in [-0.15, -0.1) is 0 Å². The zero-order valence-electron chi connectivity index (χ0n) is 19.2. The van der Waals surface area contributed by atoms with Crippen molar-refractivity contribution in [3.63, 3.8) is 0 Å². The molecular formula is C24H27IN8O2. The van der Waals surface area contributed by atoms with Crippen LogP contribution in [-0.2, 0) is 4.74 Å². The van der Waals surface area contributed by atoms with Gasteiger partial charge in [0.15, 0.2) is 11.5 Å². The number of nitrogens with one attached hydrogen (secondary N) is 2. The van der Waals surface area contributed by atoms with E-state index in [0.29, 0.717) is 30.6 Å². The number of nitrogen functional groups attached to an aromatic ring is 1. The molecule has 0 radical (unpaired) electrons. The number of anilines is 4. The van der Waals surface area contributed by atoms with E-state index in [9.17, 15) is 4.79 Å². The van der Waals surface area contributed by atoms with Crippen LogP contribution in [0.2, 0.25) is 0 Å². The number of halogens is 1. The Labute approximate surface area is 217 Å². The normalized spacial score (nSPS) is 18.0. The third-order valence-electron chi connectivity index (χ3n) is 6.28. The first kappa shape index (κ1) is 23.7. The number of carbonyl (C=O) groups is 1. The van der Waals surface area contributed by atoms with Gasteiger partial charge in [0.25, 0.3) is 5.91 Å². The van der Waals surface area contributed by atoms with Crippen molar-refractivity contribution >= 4 is 51.7 Å². The second kappa shape index (κ2) is 10.7. The molecule has 1 amide bonds. The molecule has 0 unspecified atom stereocenters. The van der Waals surface area contributed by atoms with Crippen molar-refractivity contribution in [1.82, 2.24) is 18.5 Å². The summed E-state index contributed by atoms with van der Waals surface area (Å²) < 4.78 is 8.75. The Morgan fingerprint density at radius 2 is 1.89 bits per heavy atom. The largest absolute Gasteiger partial charge is 0.382 e. The summed E-state index contributed by atoms with van der Waals surface area (Å²) in [6, 6.07) is 10.5. The molecule has 0 bridgehead atoms. The zero-order chi connectivity index (χ0) is 24.2. The van der Waals surface area contributed by atoms with Crippen LogP contribution in [0.3, 0.4) is 0 Å². The lowest BCUT2D eigenvalue weighted by molar-refractivity contribution is 0.102. The molecular weight excluding hydrogens is 559 g/mol. The zero-order valence-corrected chi connectivity index (χ0v) is 21.3. The molecule has 182 valence electrons. The van der Waals surface area contributed by atoms with E-state index in [4.69, 9.17) is 10.5 Å². The molecule has 4 N–H and O–H groups in total. The Morgan fingerprint density at radius 3 is 2.63 bits per heavy atom. The summed E-state index contributed by atoms with van der Waals surface area (Å²) >= 11 is 2.22. The van der Waals surface area contributed by atoms with Crippen molar-refractivity contribution in [2.75, 3.05) is 60.2 Å². The number of aromatic nitrogens is 3. The molecule has 0 aliphatic carbocycles. The van der Waals surface area contributed by atoms with Crippen molar-refractivity contribution in [3.8, 4) is 11.3 Å². The minimum atomic E-state index is -0.426. The molecule has 0 spiro atoms. The number of rotatable bonds is 6. The lowest BCUT2D eigenvalue weighted by Crippen LogP contribution is -2.36. The van der Waals surface area contributed by atoms with Crippen molar-refractivity contribution in [2.24, 2.45) is 0 Å². The van der Waals surface area contributed by atoms with Crippen molar-refractivity contribution in [3.05, 3.63) is 54.6 Å². The number of amides is 1. The number of nitrogens with two attached hydrogens (primary N) is 1. The van der Waals surface area contributed by atoms with Gasteiger partial charge in [0.05, 0.1) is 42.7 Å². The summed E-state index contributed by atoms with van der Waals surface area (Å²) in [5, 5.41) is 2.92. The molecule has 2 aliphatic heterocycles. The maximum absolute atomic E-state index is 13.2. The SMILES string of the molecule is Nc1ncc(-c2ccc(N3CC[C@H](NI)C3)cc2)nc1C(=O)Nc1cnccc1N1CCOCC1. The van der Waals surface area contributed by atoms with Crippen LogP contribution in [0, 0.1) is 0 Å². The lowest BCUT2D eigenvalue weighted by atomic mass is 10.1. The van der Waals surface area contributed by atoms with Crippen LogP contribution in [0.15, 0.2) is 48.9 Å². The monoisotopic (exact) mass is 586 g/mol. The quantitative estimate of drug-likeness (QED) is 0.296. The predicted molar refractivity (Wildman–Crippen MR) is 145 cm³/mol. The van der Waals surface area contributed by atoms with Crippen LogP contribution >= 0.6 is 22.9 Å². The van der Waals surface area contributed by atoms with Crippen molar-refractivity contribution in [2.45, 2.75) is 12.5 Å². The second-order valence-electron chi connectivity index (χ2n) is 8.52. The molecule has 35 heavy (non-hydrogen) atoms. The Hall–Kier alpha value is -3.03. The van der Waals surface area contributed by atoms with E-state index in [1.807, 2.05) is 18.2 Å². The fourth-order valence-electron chi connectivity index (χ4n) is 4.38. The number of hydrogen-bond acceptors (Lipinski definition) is 9. The van der Waals surface area contributed by atoms with Gasteiger partial charge in [-0.25, -0.2) is 9.97 Å². The molecule has 2 saturated heterocycles. The molecule has 2 aromatic heterocycles. The van der Waals surface area contributed by atoms with E-state index in [0.717, 1.165) is 49.5 Å². The van der Waals surface area contributed by atoms with Gasteiger partial charge in [-0.05, 0) is 24.6 Å². The molecule has 11 heteroatoms. The summed E-state index contributed by atoms with van der Waals surface area (Å²) in [5.41, 5.74) is 10.2. The van der Waals surface area contributed by atoms with Crippen molar-refractivity contribution < 1.29 is 9.53 Å². The highest BCUT2D eigenvalue weighted by Crippen LogP contribution is 2.28. The Balaban J connectivity index is 1.34. The number of nitrogens with zero attached hydrogens (tertiary/aromatic N) is 5. The maximum Gasteiger partial charge on any atom is 0.278 e. The number of pyridine rings is 1. The van der Waals surface area contributed by atoms with Crippen LogP contribution < -0.4 is 24.4 Å². The summed E-state index contributed by atoms with van der Waals surface area (Å²) in [7, 11) is 0. The van der Waals surface area contributed by atoms with Gasteiger partial charge >= 0.3 is 0 Å². The molecule has 3 aromatic rings. The van der Waals surface area contributed by atoms with Gasteiger partial charge in [-0.1, -0.05) is 12.1 Å². The molecule has 5 rings (SSSR count). The molecule has 0 saturated carbocycles. The minimum absolute atomic E-state index is 0.0779. The fraction of sp³-hybridized carbons (Fsp3) is 0.333. The van der Waals surface area contributed by atoms with Crippen LogP contribution in [-0.4, -0.2) is 66.3 Å². The van der Waals surface area contributed by atoms with Crippen LogP contribution in [0.1, 0.15) is 16.9 Å². The van der Waals surface area contributed by atoms with Crippen LogP contribution in [0.25, 0.3) is 11.3 Å². The highest BCUT2D eigenvalue weighted by molar-refractivity contribution is 14.1. The first-order valence-electron chi connectivity index (χ1n) is 11.5. The third kappa shape index (κ3) is 5.31. The predicted octanol–water partition coefficient (Wildman–Crippen LogP) is 2.73. The van der Waals surface area contributed by atoms with Crippen LogP contribution in [0.4, 0.5) is 22.9 Å². The maximum atomic E-state index is 13.2. The average molecular weight is 586 g/mol. The topological polar surface area (TPSA) is 122 Å². The standard InChI is InChI=1S/C24H27IN8O2/c25-31-17-6-8-33(15-17)18-3-1-16(2-4-18)19-14-28-23(26)22(29-19)24(34)30-20-13-27-7-5-21(20)32-9-11-35-12-10-32/h1-5,7,13-14,17,31H,6,8-12,15H2,(H2,26,28)(H,30,34)/t17-/m0/s1. The number of ether oxygens (including phenoxy) is 1. The highest BCUT2D eigenvalue weighted by atomic mass is 127. The van der Waals surface area contributed by atoms with E-state index >= 15 is 0 Å². The van der Waals surface area contributed by atoms with Gasteiger partial charge in [-0.3, -0.25) is 13.3 Å². The first-order valence-corrected chi connectivity index (χ1v) is 12.6.